The Kier molecular flexibility index (Phi) is 5.21. The van der Waals surface area contributed by atoms with Gasteiger partial charge in [-0.3, -0.25) is 4.79 Å². The lowest BCUT2D eigenvalue weighted by Gasteiger charge is -2.25. The monoisotopic (exact) mass is 410 g/mol. The molecule has 2 heterocycles. The van der Waals surface area contributed by atoms with Crippen molar-refractivity contribution in [3.63, 3.8) is 0 Å². The Hall–Kier alpha value is -2.60. The summed E-state index contributed by atoms with van der Waals surface area (Å²) in [5, 5.41) is 2.38. The first kappa shape index (κ1) is 19.7. The van der Waals surface area contributed by atoms with Gasteiger partial charge in [-0.05, 0) is 50.1 Å². The fourth-order valence-electron chi connectivity index (χ4n) is 4.39. The number of carbonyl (C=O) groups is 1. The summed E-state index contributed by atoms with van der Waals surface area (Å²) in [6.45, 7) is 5.43. The molecule has 2 aromatic carbocycles. The molecule has 4 rings (SSSR count). The van der Waals surface area contributed by atoms with Crippen LogP contribution in [0.5, 0.6) is 0 Å². The molecule has 29 heavy (non-hydrogen) atoms. The Balaban J connectivity index is 1.62. The standard InChI is InChI=1S/C23H26N2O3S/c1-3-24(18-13-14-29(27,28)16-18)23(26)12-10-17-9-11-22-20(15-17)19-7-5-6-8-21(19)25(22)4-2/h5-12,15,18H,3-4,13-14,16H2,1-2H3/b12-10+/t18-/m0/s1. The van der Waals surface area contributed by atoms with E-state index in [0.717, 1.165) is 12.1 Å². The molecule has 1 aliphatic rings. The second-order valence-electron chi connectivity index (χ2n) is 7.55. The Morgan fingerprint density at radius 2 is 1.90 bits per heavy atom. The molecule has 0 aliphatic carbocycles. The third-order valence-corrected chi connectivity index (χ3v) is 7.55. The number of fused-ring (bicyclic) bond motifs is 3. The maximum absolute atomic E-state index is 12.7. The lowest BCUT2D eigenvalue weighted by atomic mass is 10.1. The first-order valence-electron chi connectivity index (χ1n) is 10.1. The lowest BCUT2D eigenvalue weighted by molar-refractivity contribution is -0.127. The van der Waals surface area contributed by atoms with E-state index in [4.69, 9.17) is 0 Å². The number of rotatable bonds is 5. The normalized spacial score (nSPS) is 18.8. The third kappa shape index (κ3) is 3.69. The van der Waals surface area contributed by atoms with Crippen molar-refractivity contribution in [2.45, 2.75) is 32.9 Å². The van der Waals surface area contributed by atoms with Crippen molar-refractivity contribution in [3.8, 4) is 0 Å². The summed E-state index contributed by atoms with van der Waals surface area (Å²) in [5.41, 5.74) is 3.35. The van der Waals surface area contributed by atoms with Gasteiger partial charge >= 0.3 is 0 Å². The van der Waals surface area contributed by atoms with Gasteiger partial charge < -0.3 is 9.47 Å². The van der Waals surface area contributed by atoms with E-state index in [1.165, 1.54) is 21.8 Å². The molecule has 6 heteroatoms. The van der Waals surface area contributed by atoms with Gasteiger partial charge in [0.25, 0.3) is 0 Å². The Bertz CT molecular complexity index is 1210. The molecule has 0 bridgehead atoms. The fourth-order valence-corrected chi connectivity index (χ4v) is 6.12. The lowest BCUT2D eigenvalue weighted by Crippen LogP contribution is -2.40. The van der Waals surface area contributed by atoms with Gasteiger partial charge in [0.2, 0.25) is 5.91 Å². The van der Waals surface area contributed by atoms with Crippen LogP contribution in [0, 0.1) is 0 Å². The van der Waals surface area contributed by atoms with Crippen LogP contribution in [0.2, 0.25) is 0 Å². The number of amides is 1. The summed E-state index contributed by atoms with van der Waals surface area (Å²) < 4.78 is 25.8. The minimum Gasteiger partial charge on any atom is -0.341 e. The number of aryl methyl sites for hydroxylation is 1. The molecule has 1 atom stereocenters. The first-order valence-corrected chi connectivity index (χ1v) is 12.0. The van der Waals surface area contributed by atoms with Gasteiger partial charge in [-0.2, -0.15) is 0 Å². The highest BCUT2D eigenvalue weighted by atomic mass is 32.2. The average molecular weight is 411 g/mol. The number of sulfone groups is 1. The summed E-state index contributed by atoms with van der Waals surface area (Å²) in [4.78, 5) is 14.4. The van der Waals surface area contributed by atoms with E-state index in [0.29, 0.717) is 13.0 Å². The molecule has 1 saturated heterocycles. The summed E-state index contributed by atoms with van der Waals surface area (Å²) in [7, 11) is -3.02. The van der Waals surface area contributed by atoms with Gasteiger partial charge in [-0.1, -0.05) is 24.3 Å². The molecule has 5 nitrogen and oxygen atoms in total. The molecule has 1 aromatic heterocycles. The summed E-state index contributed by atoms with van der Waals surface area (Å²) in [5.74, 6) is 0.109. The Morgan fingerprint density at radius 1 is 1.14 bits per heavy atom. The van der Waals surface area contributed by atoms with Crippen LogP contribution in [0.3, 0.4) is 0 Å². The van der Waals surface area contributed by atoms with Crippen molar-refractivity contribution >= 4 is 43.6 Å². The van der Waals surface area contributed by atoms with Gasteiger partial charge in [-0.15, -0.1) is 0 Å². The quantitative estimate of drug-likeness (QED) is 0.600. The van der Waals surface area contributed by atoms with Gasteiger partial charge in [0.05, 0.1) is 11.5 Å². The number of nitrogens with zero attached hydrogens (tertiary/aromatic N) is 2. The predicted octanol–water partition coefficient (Wildman–Crippen LogP) is 3.86. The molecule has 0 spiro atoms. The molecular weight excluding hydrogens is 384 g/mol. The molecule has 1 aliphatic heterocycles. The molecule has 0 saturated carbocycles. The maximum Gasteiger partial charge on any atom is 0.246 e. The third-order valence-electron chi connectivity index (χ3n) is 5.80. The van der Waals surface area contributed by atoms with Crippen molar-refractivity contribution in [1.82, 2.24) is 9.47 Å². The van der Waals surface area contributed by atoms with Crippen molar-refractivity contribution in [3.05, 3.63) is 54.1 Å². The molecule has 0 N–H and O–H groups in total. The van der Waals surface area contributed by atoms with E-state index in [1.54, 1.807) is 11.0 Å². The van der Waals surface area contributed by atoms with Crippen LogP contribution in [0.15, 0.2) is 48.5 Å². The highest BCUT2D eigenvalue weighted by molar-refractivity contribution is 7.91. The Labute approximate surface area is 171 Å². The summed E-state index contributed by atoms with van der Waals surface area (Å²) in [6, 6.07) is 14.4. The van der Waals surface area contributed by atoms with Crippen molar-refractivity contribution < 1.29 is 13.2 Å². The van der Waals surface area contributed by atoms with Crippen LogP contribution in [0.4, 0.5) is 0 Å². The topological polar surface area (TPSA) is 59.4 Å². The van der Waals surface area contributed by atoms with Crippen molar-refractivity contribution in [2.24, 2.45) is 0 Å². The zero-order chi connectivity index (χ0) is 20.6. The Morgan fingerprint density at radius 3 is 2.59 bits per heavy atom. The number of aromatic nitrogens is 1. The highest BCUT2D eigenvalue weighted by Crippen LogP contribution is 2.30. The molecule has 0 radical (unpaired) electrons. The number of benzene rings is 2. The minimum atomic E-state index is -3.02. The molecule has 3 aromatic rings. The largest absolute Gasteiger partial charge is 0.341 e. The van der Waals surface area contributed by atoms with Crippen LogP contribution < -0.4 is 0 Å². The predicted molar refractivity (Wildman–Crippen MR) is 119 cm³/mol. The molecule has 1 fully saturated rings. The van der Waals surface area contributed by atoms with E-state index in [9.17, 15) is 13.2 Å². The van der Waals surface area contributed by atoms with E-state index in [1.807, 2.05) is 25.1 Å². The first-order chi connectivity index (χ1) is 13.9. The number of para-hydroxylation sites is 1. The van der Waals surface area contributed by atoms with Gasteiger partial charge in [-0.25, -0.2) is 8.42 Å². The van der Waals surface area contributed by atoms with Crippen LogP contribution in [0.1, 0.15) is 25.8 Å². The zero-order valence-electron chi connectivity index (χ0n) is 16.8. The fraction of sp³-hybridized carbons (Fsp3) is 0.348. The second kappa shape index (κ2) is 7.67. The van der Waals surface area contributed by atoms with Gasteiger partial charge in [0, 0.05) is 47.0 Å². The average Bonchev–Trinajstić information content (AvgIpc) is 3.23. The molecular formula is C23H26N2O3S. The van der Waals surface area contributed by atoms with Crippen LogP contribution in [-0.2, 0) is 21.2 Å². The number of likely N-dealkylation sites (N-methyl/N-ethyl adjacent to an activating group) is 1. The highest BCUT2D eigenvalue weighted by Gasteiger charge is 2.33. The zero-order valence-corrected chi connectivity index (χ0v) is 17.7. The van der Waals surface area contributed by atoms with Crippen LogP contribution in [-0.4, -0.2) is 47.9 Å². The van der Waals surface area contributed by atoms with Crippen molar-refractivity contribution in [2.75, 3.05) is 18.1 Å². The van der Waals surface area contributed by atoms with Gasteiger partial charge in [0.15, 0.2) is 9.84 Å². The van der Waals surface area contributed by atoms with E-state index in [2.05, 4.69) is 41.8 Å². The second-order valence-corrected chi connectivity index (χ2v) is 9.78. The van der Waals surface area contributed by atoms with Crippen LogP contribution >= 0.6 is 0 Å². The minimum absolute atomic E-state index is 0.0723. The van der Waals surface area contributed by atoms with E-state index < -0.39 is 9.84 Å². The van der Waals surface area contributed by atoms with E-state index >= 15 is 0 Å². The maximum atomic E-state index is 12.7. The molecule has 0 unspecified atom stereocenters. The summed E-state index contributed by atoms with van der Waals surface area (Å²) >= 11 is 0. The van der Waals surface area contributed by atoms with Crippen molar-refractivity contribution in [1.29, 1.82) is 0 Å². The number of hydrogen-bond acceptors (Lipinski definition) is 3. The smallest absolute Gasteiger partial charge is 0.246 e. The summed E-state index contributed by atoms with van der Waals surface area (Å²) in [6.07, 6.45) is 3.92. The van der Waals surface area contributed by atoms with Crippen LogP contribution in [0.25, 0.3) is 27.9 Å². The molecule has 152 valence electrons. The van der Waals surface area contributed by atoms with E-state index in [-0.39, 0.29) is 23.5 Å². The SMILES string of the molecule is CCN(C(=O)/C=C/c1ccc2c(c1)c1ccccc1n2CC)[C@H]1CCS(=O)(=O)C1. The number of carbonyl (C=O) groups excluding carboxylic acids is 1. The van der Waals surface area contributed by atoms with Gasteiger partial charge in [0.1, 0.15) is 0 Å². The number of hydrogen-bond donors (Lipinski definition) is 0. The molecule has 1 amide bonds.